The molecule has 11 heteroatoms. The number of urea groups is 1. The number of phenolic OH excluding ortho intramolecular Hbond substituents is 2. The number of non-ortho nitro benzene ring substituents is 1. The molecule has 4 amide bonds. The molecule has 11 nitrogen and oxygen atoms in total. The lowest BCUT2D eigenvalue weighted by atomic mass is 10.1. The normalized spacial score (nSPS) is 14.8. The third-order valence-corrected chi connectivity index (χ3v) is 3.94. The van der Waals surface area contributed by atoms with Crippen molar-refractivity contribution in [2.45, 2.75) is 0 Å². The zero-order valence-electron chi connectivity index (χ0n) is 14.7. The average Bonchev–Trinajstić information content (AvgIpc) is 2.92. The van der Waals surface area contributed by atoms with E-state index < -0.39 is 29.3 Å². The summed E-state index contributed by atoms with van der Waals surface area (Å²) in [4.78, 5) is 47.3. The number of nitro benzene ring substituents is 1. The summed E-state index contributed by atoms with van der Waals surface area (Å²) >= 11 is 0. The van der Waals surface area contributed by atoms with Gasteiger partial charge in [0.1, 0.15) is 23.7 Å². The maximum absolute atomic E-state index is 12.4. The van der Waals surface area contributed by atoms with Crippen LogP contribution < -0.4 is 10.6 Å². The molecule has 0 radical (unpaired) electrons. The molecule has 1 aliphatic rings. The second-order valence-electron chi connectivity index (χ2n) is 5.97. The van der Waals surface area contributed by atoms with Crippen LogP contribution in [-0.4, -0.2) is 44.4 Å². The fourth-order valence-corrected chi connectivity index (χ4v) is 2.54. The summed E-state index contributed by atoms with van der Waals surface area (Å²) in [6.07, 6.45) is 1.21. The number of hydrogen-bond acceptors (Lipinski definition) is 7. The number of nitrogens with zero attached hydrogens (tertiary/aromatic N) is 2. The molecular weight excluding hydrogens is 384 g/mol. The predicted octanol–water partition coefficient (Wildman–Crippen LogP) is 1.54. The van der Waals surface area contributed by atoms with Crippen LogP contribution >= 0.6 is 0 Å². The lowest BCUT2D eigenvalue weighted by Crippen LogP contribution is -2.38. The van der Waals surface area contributed by atoms with Crippen molar-refractivity contribution in [2.75, 3.05) is 11.9 Å². The van der Waals surface area contributed by atoms with Gasteiger partial charge < -0.3 is 20.8 Å². The summed E-state index contributed by atoms with van der Waals surface area (Å²) < 4.78 is 0. The summed E-state index contributed by atoms with van der Waals surface area (Å²) in [7, 11) is 0. The van der Waals surface area contributed by atoms with Crippen molar-refractivity contribution >= 4 is 35.3 Å². The molecular formula is C18H14N4O7. The Morgan fingerprint density at radius 3 is 2.48 bits per heavy atom. The van der Waals surface area contributed by atoms with E-state index >= 15 is 0 Å². The van der Waals surface area contributed by atoms with Crippen molar-refractivity contribution in [3.8, 4) is 11.5 Å². The molecule has 0 spiro atoms. The molecule has 2 aromatic rings. The third-order valence-electron chi connectivity index (χ3n) is 3.94. The Morgan fingerprint density at radius 1 is 1.17 bits per heavy atom. The number of carbonyl (C=O) groups excluding carboxylic acids is 3. The number of phenols is 2. The fourth-order valence-electron chi connectivity index (χ4n) is 2.54. The number of hydrogen-bond donors (Lipinski definition) is 4. The van der Waals surface area contributed by atoms with Gasteiger partial charge in [-0.15, -0.1) is 0 Å². The second-order valence-corrected chi connectivity index (χ2v) is 5.97. The van der Waals surface area contributed by atoms with Gasteiger partial charge in [-0.05, 0) is 30.3 Å². The van der Waals surface area contributed by atoms with Gasteiger partial charge in [0.15, 0.2) is 0 Å². The monoisotopic (exact) mass is 398 g/mol. The molecule has 29 heavy (non-hydrogen) atoms. The summed E-state index contributed by atoms with van der Waals surface area (Å²) in [6, 6.07) is 7.94. The van der Waals surface area contributed by atoms with Crippen LogP contribution in [0.4, 0.5) is 16.2 Å². The van der Waals surface area contributed by atoms with Crippen molar-refractivity contribution in [3.63, 3.8) is 0 Å². The van der Waals surface area contributed by atoms with Crippen LogP contribution in [0.2, 0.25) is 0 Å². The molecule has 1 heterocycles. The Kier molecular flexibility index (Phi) is 5.13. The van der Waals surface area contributed by atoms with Crippen molar-refractivity contribution in [1.82, 2.24) is 10.2 Å². The van der Waals surface area contributed by atoms with E-state index in [-0.39, 0.29) is 34.1 Å². The summed E-state index contributed by atoms with van der Waals surface area (Å²) in [5, 5.41) is 34.4. The van der Waals surface area contributed by atoms with Crippen molar-refractivity contribution in [1.29, 1.82) is 0 Å². The quantitative estimate of drug-likeness (QED) is 0.257. The van der Waals surface area contributed by atoms with Gasteiger partial charge >= 0.3 is 6.03 Å². The summed E-state index contributed by atoms with van der Waals surface area (Å²) in [5.74, 6) is -1.93. The predicted molar refractivity (Wildman–Crippen MR) is 99.7 cm³/mol. The van der Waals surface area contributed by atoms with Crippen LogP contribution in [-0.2, 0) is 9.59 Å². The van der Waals surface area contributed by atoms with E-state index in [2.05, 4.69) is 10.6 Å². The summed E-state index contributed by atoms with van der Waals surface area (Å²) in [6.45, 7) is -0.583. The molecule has 0 atom stereocenters. The molecule has 2 aromatic carbocycles. The van der Waals surface area contributed by atoms with E-state index in [1.807, 2.05) is 0 Å². The van der Waals surface area contributed by atoms with Gasteiger partial charge in [0.05, 0.1) is 4.92 Å². The molecule has 1 aliphatic heterocycles. The van der Waals surface area contributed by atoms with Gasteiger partial charge in [-0.1, -0.05) is 0 Å². The van der Waals surface area contributed by atoms with E-state index in [1.54, 1.807) is 0 Å². The van der Waals surface area contributed by atoms with Crippen LogP contribution in [0.15, 0.2) is 48.2 Å². The Balaban J connectivity index is 1.68. The minimum Gasteiger partial charge on any atom is -0.508 e. The first-order chi connectivity index (χ1) is 13.7. The highest BCUT2D eigenvalue weighted by Gasteiger charge is 2.35. The molecule has 0 unspecified atom stereocenters. The highest BCUT2D eigenvalue weighted by atomic mass is 16.6. The van der Waals surface area contributed by atoms with Crippen LogP contribution in [0, 0.1) is 10.1 Å². The maximum atomic E-state index is 12.4. The van der Waals surface area contributed by atoms with E-state index in [1.165, 1.54) is 42.5 Å². The van der Waals surface area contributed by atoms with E-state index in [4.69, 9.17) is 0 Å². The molecule has 4 N–H and O–H groups in total. The van der Waals surface area contributed by atoms with Crippen LogP contribution in [0.5, 0.6) is 11.5 Å². The van der Waals surface area contributed by atoms with E-state index in [9.17, 15) is 34.7 Å². The molecule has 1 saturated heterocycles. The Bertz CT molecular complexity index is 1050. The van der Waals surface area contributed by atoms with Gasteiger partial charge in [-0.3, -0.25) is 19.7 Å². The van der Waals surface area contributed by atoms with Gasteiger partial charge in [0.2, 0.25) is 5.91 Å². The number of nitrogens with one attached hydrogen (secondary N) is 2. The molecule has 3 rings (SSSR count). The minimum atomic E-state index is -0.821. The number of anilines is 1. The first kappa shape index (κ1) is 19.4. The molecule has 148 valence electrons. The summed E-state index contributed by atoms with van der Waals surface area (Å²) in [5.41, 5.74) is 0.143. The molecule has 0 saturated carbocycles. The first-order valence-electron chi connectivity index (χ1n) is 8.15. The minimum absolute atomic E-state index is 0.149. The molecule has 0 aromatic heterocycles. The van der Waals surface area contributed by atoms with Crippen molar-refractivity contribution in [2.24, 2.45) is 0 Å². The third kappa shape index (κ3) is 4.30. The zero-order chi connectivity index (χ0) is 21.1. The first-order valence-corrected chi connectivity index (χ1v) is 8.15. The molecule has 1 fully saturated rings. The Labute approximate surface area is 163 Å². The number of benzene rings is 2. The number of imide groups is 1. The second kappa shape index (κ2) is 7.68. The lowest BCUT2D eigenvalue weighted by molar-refractivity contribution is -0.384. The topological polar surface area (TPSA) is 162 Å². The highest BCUT2D eigenvalue weighted by Crippen LogP contribution is 2.25. The highest BCUT2D eigenvalue weighted by molar-refractivity contribution is 6.16. The standard InChI is InChI=1S/C18H14N4O7/c23-13-6-1-10(15(24)8-13)7-14-17(26)21(18(27)20-14)9-16(25)19-11-2-4-12(5-3-11)22(28)29/h1-8,23-24H,9H2,(H,19,25)(H,20,27)/b14-7-. The number of nitro groups is 1. The van der Waals surface area contributed by atoms with Crippen LogP contribution in [0.1, 0.15) is 5.56 Å². The lowest BCUT2D eigenvalue weighted by Gasteiger charge is -2.11. The number of aromatic hydroxyl groups is 2. The Hall–Kier alpha value is -4.41. The van der Waals surface area contributed by atoms with E-state index in [0.29, 0.717) is 4.90 Å². The van der Waals surface area contributed by atoms with Gasteiger partial charge in [-0.2, -0.15) is 0 Å². The number of rotatable bonds is 5. The Morgan fingerprint density at radius 2 is 1.86 bits per heavy atom. The smallest absolute Gasteiger partial charge is 0.329 e. The number of carbonyl (C=O) groups is 3. The van der Waals surface area contributed by atoms with Crippen LogP contribution in [0.25, 0.3) is 6.08 Å². The average molecular weight is 398 g/mol. The van der Waals surface area contributed by atoms with Gasteiger partial charge in [0.25, 0.3) is 11.6 Å². The van der Waals surface area contributed by atoms with E-state index in [0.717, 1.165) is 6.07 Å². The fraction of sp³-hybridized carbons (Fsp3) is 0.0556. The zero-order valence-corrected chi connectivity index (χ0v) is 14.7. The molecule has 0 aliphatic carbocycles. The van der Waals surface area contributed by atoms with Crippen molar-refractivity contribution < 1.29 is 29.5 Å². The van der Waals surface area contributed by atoms with Gasteiger partial charge in [0, 0.05) is 29.4 Å². The molecule has 0 bridgehead atoms. The largest absolute Gasteiger partial charge is 0.508 e. The van der Waals surface area contributed by atoms with Gasteiger partial charge in [-0.25, -0.2) is 9.69 Å². The SMILES string of the molecule is O=C(CN1C(=O)N/C(=C\c2ccc(O)cc2O)C1=O)Nc1ccc([N+](=O)[O-])cc1. The number of amides is 4. The van der Waals surface area contributed by atoms with Crippen molar-refractivity contribution in [3.05, 3.63) is 63.8 Å². The van der Waals surface area contributed by atoms with Crippen LogP contribution in [0.3, 0.4) is 0 Å². The maximum Gasteiger partial charge on any atom is 0.329 e.